The molecule has 12 aromatic carbocycles. The zero-order chi connectivity index (χ0) is 46.2. The van der Waals surface area contributed by atoms with Crippen LogP contribution in [0.25, 0.3) is 88.3 Å². The van der Waals surface area contributed by atoms with Crippen molar-refractivity contribution in [2.45, 2.75) is 5.41 Å². The van der Waals surface area contributed by atoms with Gasteiger partial charge in [-0.15, -0.1) is 0 Å². The Morgan fingerprint density at radius 1 is 0.229 bits per heavy atom. The van der Waals surface area contributed by atoms with Crippen LogP contribution in [-0.2, 0) is 5.41 Å². The van der Waals surface area contributed by atoms with E-state index < -0.39 is 5.41 Å². The van der Waals surface area contributed by atoms with E-state index in [2.05, 4.69) is 278 Å². The monoisotopic (exact) mass is 887 g/mol. The van der Waals surface area contributed by atoms with Crippen LogP contribution in [0, 0.1) is 0 Å². The van der Waals surface area contributed by atoms with E-state index in [1.807, 2.05) is 0 Å². The fourth-order valence-corrected chi connectivity index (χ4v) is 12.0. The van der Waals surface area contributed by atoms with Gasteiger partial charge in [0.15, 0.2) is 0 Å². The van der Waals surface area contributed by atoms with Gasteiger partial charge >= 0.3 is 0 Å². The molecule has 2 aliphatic rings. The van der Waals surface area contributed by atoms with Gasteiger partial charge in [0.25, 0.3) is 0 Å². The first-order valence-corrected chi connectivity index (χ1v) is 24.3. The normalized spacial score (nSPS) is 12.7. The second-order valence-corrected chi connectivity index (χ2v) is 18.7. The molecule has 0 amide bonds. The largest absolute Gasteiger partial charge is 0.310 e. The molecule has 14 rings (SSSR count). The molecule has 0 fully saturated rings. The summed E-state index contributed by atoms with van der Waals surface area (Å²) in [6, 6.07) is 101. The first kappa shape index (κ1) is 40.1. The molecule has 2 aliphatic carbocycles. The maximum Gasteiger partial charge on any atom is 0.0731 e. The number of benzene rings is 12. The lowest BCUT2D eigenvalue weighted by molar-refractivity contribution is 0.796. The highest BCUT2D eigenvalue weighted by molar-refractivity contribution is 6.01. The molecule has 0 aromatic heterocycles. The average Bonchev–Trinajstić information content (AvgIpc) is 3.91. The summed E-state index contributed by atoms with van der Waals surface area (Å²) < 4.78 is 0. The predicted molar refractivity (Wildman–Crippen MR) is 294 cm³/mol. The number of anilines is 3. The van der Waals surface area contributed by atoms with Crippen LogP contribution in [0.5, 0.6) is 0 Å². The summed E-state index contributed by atoms with van der Waals surface area (Å²) in [5.74, 6) is 0. The molecule has 1 nitrogen and oxygen atoms in total. The van der Waals surface area contributed by atoms with E-state index in [1.165, 1.54) is 111 Å². The number of hydrogen-bond acceptors (Lipinski definition) is 1. The molecule has 0 N–H and O–H groups in total. The van der Waals surface area contributed by atoms with Crippen molar-refractivity contribution in [1.29, 1.82) is 0 Å². The van der Waals surface area contributed by atoms with Crippen molar-refractivity contribution in [2.24, 2.45) is 0 Å². The van der Waals surface area contributed by atoms with Crippen molar-refractivity contribution >= 4 is 38.6 Å². The van der Waals surface area contributed by atoms with Crippen molar-refractivity contribution < 1.29 is 0 Å². The topological polar surface area (TPSA) is 3.24 Å². The van der Waals surface area contributed by atoms with Gasteiger partial charge in [0.2, 0.25) is 0 Å². The van der Waals surface area contributed by atoms with E-state index in [0.29, 0.717) is 0 Å². The van der Waals surface area contributed by atoms with Gasteiger partial charge < -0.3 is 4.90 Å². The molecule has 0 heterocycles. The van der Waals surface area contributed by atoms with Crippen molar-refractivity contribution in [2.75, 3.05) is 4.90 Å². The van der Waals surface area contributed by atoms with Crippen LogP contribution in [0.15, 0.2) is 273 Å². The van der Waals surface area contributed by atoms with Crippen LogP contribution in [0.4, 0.5) is 17.1 Å². The fourth-order valence-electron chi connectivity index (χ4n) is 12.0. The van der Waals surface area contributed by atoms with Crippen LogP contribution >= 0.6 is 0 Å². The van der Waals surface area contributed by atoms with Crippen LogP contribution in [0.2, 0.25) is 0 Å². The van der Waals surface area contributed by atoms with Gasteiger partial charge in [-0.1, -0.05) is 243 Å². The molecule has 0 bridgehead atoms. The lowest BCUT2D eigenvalue weighted by Gasteiger charge is -2.32. The molecular formula is C69H45N. The summed E-state index contributed by atoms with van der Waals surface area (Å²) in [6.07, 6.45) is 0. The van der Waals surface area contributed by atoms with Gasteiger partial charge in [0, 0.05) is 16.8 Å². The first-order chi connectivity index (χ1) is 34.7. The Labute approximate surface area is 408 Å². The smallest absolute Gasteiger partial charge is 0.0731 e. The minimum Gasteiger partial charge on any atom is -0.310 e. The summed E-state index contributed by atoms with van der Waals surface area (Å²) in [5.41, 5.74) is 23.4. The summed E-state index contributed by atoms with van der Waals surface area (Å²) >= 11 is 0. The van der Waals surface area contributed by atoms with E-state index in [0.717, 1.165) is 17.1 Å². The van der Waals surface area contributed by atoms with Gasteiger partial charge in [0.05, 0.1) is 11.1 Å². The Kier molecular flexibility index (Phi) is 9.19. The highest BCUT2D eigenvalue weighted by atomic mass is 15.1. The SMILES string of the molecule is c1ccc2c(c1)-c1ccccc1C21c2ccccc2-c2cccc(-c3ccc(-c4ccc(N(c5ccc(-c6ccc(-c7cccc8ccccc78)cc6)cc5)c5cccc6ccccc56)cc4)cc3)c21. The molecule has 0 radical (unpaired) electrons. The summed E-state index contributed by atoms with van der Waals surface area (Å²) in [7, 11) is 0. The standard InChI is InChI=1S/C69H45N/c1-3-18-56-50(14-1)16-11-23-57(56)52-34-30-46(31-35-52)48-38-42-54(43-39-48)70(67-29-12-17-51-15-2-4-19-58(51)67)55-44-40-49(41-45-55)47-32-36-53(37-33-47)59-24-13-25-63-62-22-7-10-28-66(62)69(68(59)63)64-26-8-5-20-60(64)61-21-6-9-27-65(61)69/h1-45H. The predicted octanol–water partition coefficient (Wildman–Crippen LogP) is 18.5. The molecule has 1 spiro atoms. The zero-order valence-electron chi connectivity index (χ0n) is 38.4. The molecule has 0 saturated carbocycles. The van der Waals surface area contributed by atoms with Crippen molar-refractivity contribution in [1.82, 2.24) is 0 Å². The van der Waals surface area contributed by atoms with Gasteiger partial charge in [0.1, 0.15) is 0 Å². The number of rotatable bonds is 7. The van der Waals surface area contributed by atoms with Crippen LogP contribution < -0.4 is 4.90 Å². The zero-order valence-corrected chi connectivity index (χ0v) is 38.4. The van der Waals surface area contributed by atoms with Gasteiger partial charge in [-0.05, 0) is 136 Å². The van der Waals surface area contributed by atoms with E-state index in [1.54, 1.807) is 0 Å². The first-order valence-electron chi connectivity index (χ1n) is 24.3. The summed E-state index contributed by atoms with van der Waals surface area (Å²) in [4.78, 5) is 2.39. The van der Waals surface area contributed by atoms with Crippen molar-refractivity contribution in [3.63, 3.8) is 0 Å². The third kappa shape index (κ3) is 6.12. The lowest BCUT2D eigenvalue weighted by atomic mass is 9.68. The van der Waals surface area contributed by atoms with Crippen molar-refractivity contribution in [3.05, 3.63) is 295 Å². The average molecular weight is 888 g/mol. The molecular weight excluding hydrogens is 843 g/mol. The molecule has 0 saturated heterocycles. The molecule has 0 aliphatic heterocycles. The Bertz CT molecular complexity index is 3900. The number of nitrogens with zero attached hydrogens (tertiary/aromatic N) is 1. The highest BCUT2D eigenvalue weighted by Gasteiger charge is 2.52. The molecule has 0 unspecified atom stereocenters. The Morgan fingerprint density at radius 3 is 1.13 bits per heavy atom. The van der Waals surface area contributed by atoms with Crippen molar-refractivity contribution in [3.8, 4) is 66.8 Å². The second-order valence-electron chi connectivity index (χ2n) is 18.7. The molecule has 12 aromatic rings. The maximum atomic E-state index is 2.39. The molecule has 1 heteroatoms. The molecule has 70 heavy (non-hydrogen) atoms. The van der Waals surface area contributed by atoms with E-state index >= 15 is 0 Å². The van der Waals surface area contributed by atoms with Gasteiger partial charge in [-0.25, -0.2) is 0 Å². The summed E-state index contributed by atoms with van der Waals surface area (Å²) in [6.45, 7) is 0. The van der Waals surface area contributed by atoms with Gasteiger partial charge in [-0.3, -0.25) is 0 Å². The van der Waals surface area contributed by atoms with Gasteiger partial charge in [-0.2, -0.15) is 0 Å². The maximum absolute atomic E-state index is 2.39. The minimum atomic E-state index is -0.398. The third-order valence-electron chi connectivity index (χ3n) is 15.1. The number of fused-ring (bicyclic) bond motifs is 12. The van der Waals surface area contributed by atoms with E-state index in [-0.39, 0.29) is 0 Å². The Hall–Kier alpha value is -9.04. The number of hydrogen-bond donors (Lipinski definition) is 0. The molecule has 0 atom stereocenters. The second kappa shape index (κ2) is 16.0. The summed E-state index contributed by atoms with van der Waals surface area (Å²) in [5, 5.41) is 4.95. The molecule has 326 valence electrons. The minimum absolute atomic E-state index is 0.398. The lowest BCUT2D eigenvalue weighted by Crippen LogP contribution is -2.26. The Balaban J connectivity index is 0.807. The van der Waals surface area contributed by atoms with Crippen LogP contribution in [0.1, 0.15) is 22.3 Å². The Morgan fingerprint density at radius 2 is 0.571 bits per heavy atom. The quantitative estimate of drug-likeness (QED) is 0.154. The van der Waals surface area contributed by atoms with Crippen LogP contribution in [0.3, 0.4) is 0 Å². The highest BCUT2D eigenvalue weighted by Crippen LogP contribution is 2.64. The van der Waals surface area contributed by atoms with E-state index in [9.17, 15) is 0 Å². The third-order valence-corrected chi connectivity index (χ3v) is 15.1. The fraction of sp³-hybridized carbons (Fsp3) is 0.0145. The van der Waals surface area contributed by atoms with Crippen LogP contribution in [-0.4, -0.2) is 0 Å². The van der Waals surface area contributed by atoms with E-state index in [4.69, 9.17) is 0 Å².